The molecule has 0 aliphatic rings. The van der Waals surface area contributed by atoms with E-state index >= 15 is 0 Å². The normalized spacial score (nSPS) is 13.4. The molecule has 2 aromatic rings. The van der Waals surface area contributed by atoms with Gasteiger partial charge < -0.3 is 15.8 Å². The fraction of sp³-hybridized carbons (Fsp3) is 0.400. The van der Waals surface area contributed by atoms with Crippen LogP contribution in [0, 0.1) is 12.8 Å². The van der Waals surface area contributed by atoms with Crippen molar-refractivity contribution in [2.45, 2.75) is 20.8 Å². The molecule has 0 saturated heterocycles. The number of nitrogens with two attached hydrogens (primary N) is 1. The van der Waals surface area contributed by atoms with E-state index in [1.807, 2.05) is 38.1 Å². The second-order valence-electron chi connectivity index (χ2n) is 5.12. The van der Waals surface area contributed by atoms with Crippen LogP contribution in [-0.2, 0) is 0 Å². The molecule has 0 aliphatic carbocycles. The minimum absolute atomic E-state index is 0.0724. The van der Waals surface area contributed by atoms with E-state index in [-0.39, 0.29) is 11.8 Å². The van der Waals surface area contributed by atoms with Crippen LogP contribution in [-0.4, -0.2) is 34.3 Å². The van der Waals surface area contributed by atoms with E-state index < -0.39 is 0 Å². The molecule has 0 spiro atoms. The molecule has 0 saturated carbocycles. The number of hydrogen-bond donors (Lipinski definition) is 2. The lowest BCUT2D eigenvalue weighted by Gasteiger charge is -2.25. The van der Waals surface area contributed by atoms with Gasteiger partial charge in [-0.1, -0.05) is 36.3 Å². The van der Waals surface area contributed by atoms with Gasteiger partial charge in [0.05, 0.1) is 5.69 Å². The van der Waals surface area contributed by atoms with Crippen molar-refractivity contribution in [3.05, 3.63) is 30.0 Å². The van der Waals surface area contributed by atoms with E-state index in [1.165, 1.54) is 0 Å². The fourth-order valence-corrected chi connectivity index (χ4v) is 2.35. The van der Waals surface area contributed by atoms with Crippen molar-refractivity contribution in [1.82, 2.24) is 10.2 Å². The predicted molar refractivity (Wildman–Crippen MR) is 84.7 cm³/mol. The third kappa shape index (κ3) is 3.04. The number of anilines is 1. The molecule has 0 bridgehead atoms. The molecule has 0 fully saturated rings. The zero-order chi connectivity index (χ0) is 15.4. The molecule has 1 aromatic carbocycles. The summed E-state index contributed by atoms with van der Waals surface area (Å²) in [5.41, 5.74) is 6.58. The molecule has 112 valence electrons. The predicted octanol–water partition coefficient (Wildman–Crippen LogP) is 2.15. The molecular formula is C15H21N5O. The molecule has 21 heavy (non-hydrogen) atoms. The topological polar surface area (TPSA) is 87.6 Å². The van der Waals surface area contributed by atoms with E-state index in [1.54, 1.807) is 0 Å². The van der Waals surface area contributed by atoms with Crippen LogP contribution in [0.25, 0.3) is 10.8 Å². The molecule has 6 heteroatoms. The van der Waals surface area contributed by atoms with Gasteiger partial charge in [0, 0.05) is 29.8 Å². The molecule has 1 atom stereocenters. The molecule has 6 nitrogen and oxygen atoms in total. The molecular weight excluding hydrogens is 266 g/mol. The van der Waals surface area contributed by atoms with Crippen LogP contribution in [0.3, 0.4) is 0 Å². The highest BCUT2D eigenvalue weighted by Gasteiger charge is 2.17. The van der Waals surface area contributed by atoms with Crippen molar-refractivity contribution < 1.29 is 5.21 Å². The number of benzene rings is 1. The van der Waals surface area contributed by atoms with Crippen LogP contribution in [0.1, 0.15) is 19.5 Å². The smallest absolute Gasteiger partial charge is 0.159 e. The van der Waals surface area contributed by atoms with Crippen LogP contribution in [0.2, 0.25) is 0 Å². The average molecular weight is 287 g/mol. The summed E-state index contributed by atoms with van der Waals surface area (Å²) in [5, 5.41) is 22.6. The van der Waals surface area contributed by atoms with E-state index in [4.69, 9.17) is 10.9 Å². The van der Waals surface area contributed by atoms with Gasteiger partial charge in [0.1, 0.15) is 5.84 Å². The Morgan fingerprint density at radius 2 is 2.00 bits per heavy atom. The van der Waals surface area contributed by atoms with Gasteiger partial charge >= 0.3 is 0 Å². The zero-order valence-electron chi connectivity index (χ0n) is 12.6. The highest BCUT2D eigenvalue weighted by Crippen LogP contribution is 2.25. The summed E-state index contributed by atoms with van der Waals surface area (Å²) in [5.74, 6) is 0.978. The molecule has 0 aliphatic heterocycles. The van der Waals surface area contributed by atoms with E-state index in [9.17, 15) is 0 Å². The minimum atomic E-state index is -0.0724. The lowest BCUT2D eigenvalue weighted by molar-refractivity contribution is 0.314. The summed E-state index contributed by atoms with van der Waals surface area (Å²) in [7, 11) is 0. The van der Waals surface area contributed by atoms with Gasteiger partial charge in [0.25, 0.3) is 0 Å². The minimum Gasteiger partial charge on any atom is -0.409 e. The quantitative estimate of drug-likeness (QED) is 0.381. The Kier molecular flexibility index (Phi) is 4.57. The molecule has 0 radical (unpaired) electrons. The first-order chi connectivity index (χ1) is 10.1. The largest absolute Gasteiger partial charge is 0.409 e. The van der Waals surface area contributed by atoms with Crippen molar-refractivity contribution in [3.63, 3.8) is 0 Å². The van der Waals surface area contributed by atoms with Crippen molar-refractivity contribution in [2.24, 2.45) is 16.8 Å². The average Bonchev–Trinajstić information content (AvgIpc) is 2.52. The standard InChI is InChI=1S/C15H21N5O/c1-4-20(9-10(2)14(16)19-21)15-13-8-6-5-7-12(13)11(3)17-18-15/h5-8,10,21H,4,9H2,1-3H3,(H2,16,19). The Morgan fingerprint density at radius 1 is 1.33 bits per heavy atom. The van der Waals surface area contributed by atoms with Gasteiger partial charge in [-0.25, -0.2) is 0 Å². The van der Waals surface area contributed by atoms with Crippen LogP contribution in [0.4, 0.5) is 5.82 Å². The van der Waals surface area contributed by atoms with Gasteiger partial charge in [-0.15, -0.1) is 5.10 Å². The second-order valence-corrected chi connectivity index (χ2v) is 5.12. The number of fused-ring (bicyclic) bond motifs is 1. The monoisotopic (exact) mass is 287 g/mol. The van der Waals surface area contributed by atoms with Crippen LogP contribution in [0.15, 0.2) is 29.4 Å². The Balaban J connectivity index is 2.41. The van der Waals surface area contributed by atoms with Crippen LogP contribution >= 0.6 is 0 Å². The van der Waals surface area contributed by atoms with Gasteiger partial charge in [-0.05, 0) is 13.8 Å². The van der Waals surface area contributed by atoms with Gasteiger partial charge in [0.15, 0.2) is 5.82 Å². The van der Waals surface area contributed by atoms with Crippen molar-refractivity contribution in [2.75, 3.05) is 18.0 Å². The number of oxime groups is 1. The summed E-state index contributed by atoms with van der Waals surface area (Å²) in [4.78, 5) is 2.09. The molecule has 3 N–H and O–H groups in total. The third-order valence-electron chi connectivity index (χ3n) is 3.65. The van der Waals surface area contributed by atoms with Gasteiger partial charge in [-0.2, -0.15) is 5.10 Å². The highest BCUT2D eigenvalue weighted by molar-refractivity contribution is 5.93. The first-order valence-corrected chi connectivity index (χ1v) is 7.02. The van der Waals surface area contributed by atoms with Crippen LogP contribution in [0.5, 0.6) is 0 Å². The molecule has 1 unspecified atom stereocenters. The number of nitrogens with zero attached hydrogens (tertiary/aromatic N) is 4. The summed E-state index contributed by atoms with van der Waals surface area (Å²) in [6.07, 6.45) is 0. The summed E-state index contributed by atoms with van der Waals surface area (Å²) < 4.78 is 0. The molecule has 1 aromatic heterocycles. The summed E-state index contributed by atoms with van der Waals surface area (Å²) >= 11 is 0. The summed E-state index contributed by atoms with van der Waals surface area (Å²) in [6, 6.07) is 8.08. The van der Waals surface area contributed by atoms with Gasteiger partial charge in [0.2, 0.25) is 0 Å². The lowest BCUT2D eigenvalue weighted by atomic mass is 10.1. The molecule has 1 heterocycles. The van der Waals surface area contributed by atoms with Crippen molar-refractivity contribution in [1.29, 1.82) is 0 Å². The Morgan fingerprint density at radius 3 is 2.62 bits per heavy atom. The lowest BCUT2D eigenvalue weighted by Crippen LogP contribution is -2.35. The second kappa shape index (κ2) is 6.39. The summed E-state index contributed by atoms with van der Waals surface area (Å²) in [6.45, 7) is 7.31. The SMILES string of the molecule is CCN(CC(C)C(N)=NO)c1nnc(C)c2ccccc12. The van der Waals surface area contributed by atoms with E-state index in [2.05, 4.69) is 27.2 Å². The molecule has 0 amide bonds. The van der Waals surface area contributed by atoms with Crippen LogP contribution < -0.4 is 10.6 Å². The van der Waals surface area contributed by atoms with Crippen molar-refractivity contribution in [3.8, 4) is 0 Å². The first kappa shape index (κ1) is 15.0. The number of amidine groups is 1. The third-order valence-corrected chi connectivity index (χ3v) is 3.65. The zero-order valence-corrected chi connectivity index (χ0v) is 12.6. The number of hydrogen-bond acceptors (Lipinski definition) is 5. The fourth-order valence-electron chi connectivity index (χ4n) is 2.35. The maximum Gasteiger partial charge on any atom is 0.159 e. The van der Waals surface area contributed by atoms with Crippen molar-refractivity contribution >= 4 is 22.4 Å². The first-order valence-electron chi connectivity index (χ1n) is 7.02. The highest BCUT2D eigenvalue weighted by atomic mass is 16.4. The Labute approximate surface area is 124 Å². The molecule has 2 rings (SSSR count). The number of aromatic nitrogens is 2. The van der Waals surface area contributed by atoms with E-state index in [0.717, 1.165) is 28.8 Å². The van der Waals surface area contributed by atoms with Gasteiger partial charge in [-0.3, -0.25) is 0 Å². The maximum atomic E-state index is 8.79. The Hall–Kier alpha value is -2.37. The number of rotatable bonds is 5. The number of aryl methyl sites for hydroxylation is 1. The maximum absolute atomic E-state index is 8.79. The van der Waals surface area contributed by atoms with E-state index in [0.29, 0.717) is 6.54 Å². The Bertz CT molecular complexity index is 656.